The molecule has 0 aliphatic rings. The van der Waals surface area contributed by atoms with Gasteiger partial charge in [-0.2, -0.15) is 0 Å². The lowest BCUT2D eigenvalue weighted by atomic mass is 10.0. The van der Waals surface area contributed by atoms with Crippen LogP contribution in [-0.2, 0) is 0 Å². The quantitative estimate of drug-likeness (QED) is 0.439. The summed E-state index contributed by atoms with van der Waals surface area (Å²) in [7, 11) is 0. The zero-order chi connectivity index (χ0) is 8.69. The van der Waals surface area contributed by atoms with Crippen LogP contribution in [0, 0.1) is 5.92 Å². The highest BCUT2D eigenvalue weighted by atomic mass is 14.9. The van der Waals surface area contributed by atoms with E-state index in [1.807, 2.05) is 6.92 Å². The number of aliphatic imine (C=N–C) groups is 2. The fourth-order valence-corrected chi connectivity index (χ4v) is 0.636. The second kappa shape index (κ2) is 6.08. The first-order valence-electron chi connectivity index (χ1n) is 4.24. The summed E-state index contributed by atoms with van der Waals surface area (Å²) in [5, 5.41) is 0. The molecule has 11 heavy (non-hydrogen) atoms. The lowest BCUT2D eigenvalue weighted by Crippen LogP contribution is -2.05. The summed E-state index contributed by atoms with van der Waals surface area (Å²) in [5.41, 5.74) is 1.17. The Hall–Kier alpha value is -0.660. The average Bonchev–Trinajstić information content (AvgIpc) is 2.03. The SMILES string of the molecule is CCN=CN=C(C)C(C)CC. The van der Waals surface area contributed by atoms with E-state index >= 15 is 0 Å². The summed E-state index contributed by atoms with van der Waals surface area (Å²) in [4.78, 5) is 8.23. The van der Waals surface area contributed by atoms with Crippen molar-refractivity contribution in [1.82, 2.24) is 0 Å². The van der Waals surface area contributed by atoms with Gasteiger partial charge in [-0.15, -0.1) is 0 Å². The standard InChI is InChI=1S/C9H18N2/c1-5-8(3)9(4)11-7-10-6-2/h7-8H,5-6H2,1-4H3. The van der Waals surface area contributed by atoms with Gasteiger partial charge in [-0.25, -0.2) is 4.99 Å². The molecule has 0 N–H and O–H groups in total. The molecule has 0 saturated heterocycles. The van der Waals surface area contributed by atoms with Crippen LogP contribution in [0.4, 0.5) is 0 Å². The van der Waals surface area contributed by atoms with Crippen LogP contribution in [0.25, 0.3) is 0 Å². The Bertz CT molecular complexity index is 148. The molecule has 0 amide bonds. The van der Waals surface area contributed by atoms with Crippen molar-refractivity contribution in [1.29, 1.82) is 0 Å². The first-order chi connectivity index (χ1) is 5.22. The Morgan fingerprint density at radius 3 is 2.55 bits per heavy atom. The molecule has 2 heteroatoms. The first kappa shape index (κ1) is 10.3. The van der Waals surface area contributed by atoms with Gasteiger partial charge in [0, 0.05) is 12.3 Å². The molecule has 2 nitrogen and oxygen atoms in total. The zero-order valence-electron chi connectivity index (χ0n) is 7.96. The van der Waals surface area contributed by atoms with Gasteiger partial charge in [0.2, 0.25) is 0 Å². The van der Waals surface area contributed by atoms with E-state index in [0.717, 1.165) is 13.0 Å². The Balaban J connectivity index is 3.89. The molecule has 0 aliphatic carbocycles. The first-order valence-corrected chi connectivity index (χ1v) is 4.24. The van der Waals surface area contributed by atoms with Gasteiger partial charge in [-0.3, -0.25) is 4.99 Å². The van der Waals surface area contributed by atoms with Gasteiger partial charge in [0.15, 0.2) is 0 Å². The molecule has 0 rings (SSSR count). The lowest BCUT2D eigenvalue weighted by Gasteiger charge is -2.04. The Morgan fingerprint density at radius 2 is 2.09 bits per heavy atom. The maximum atomic E-state index is 4.21. The molecule has 0 aliphatic heterocycles. The van der Waals surface area contributed by atoms with Gasteiger partial charge in [0.25, 0.3) is 0 Å². The van der Waals surface area contributed by atoms with Gasteiger partial charge in [-0.05, 0) is 26.2 Å². The molecule has 0 bridgehead atoms. The van der Waals surface area contributed by atoms with Crippen LogP contribution in [0.15, 0.2) is 9.98 Å². The van der Waals surface area contributed by atoms with E-state index < -0.39 is 0 Å². The fraction of sp³-hybridized carbons (Fsp3) is 0.778. The average molecular weight is 154 g/mol. The van der Waals surface area contributed by atoms with E-state index in [1.54, 1.807) is 6.34 Å². The maximum absolute atomic E-state index is 4.21. The van der Waals surface area contributed by atoms with Crippen molar-refractivity contribution in [3.63, 3.8) is 0 Å². The molecule has 0 spiro atoms. The third-order valence-corrected chi connectivity index (χ3v) is 1.85. The highest BCUT2D eigenvalue weighted by Crippen LogP contribution is 2.02. The molecule has 0 aromatic rings. The topological polar surface area (TPSA) is 24.7 Å². The highest BCUT2D eigenvalue weighted by Gasteiger charge is 1.99. The van der Waals surface area contributed by atoms with Crippen molar-refractivity contribution in [3.8, 4) is 0 Å². The number of rotatable bonds is 4. The van der Waals surface area contributed by atoms with Crippen molar-refractivity contribution in [2.24, 2.45) is 15.9 Å². The third-order valence-electron chi connectivity index (χ3n) is 1.85. The number of hydrogen-bond donors (Lipinski definition) is 0. The van der Waals surface area contributed by atoms with Crippen molar-refractivity contribution >= 4 is 12.1 Å². The number of hydrogen-bond acceptors (Lipinski definition) is 1. The van der Waals surface area contributed by atoms with Gasteiger partial charge in [-0.1, -0.05) is 13.8 Å². The lowest BCUT2D eigenvalue weighted by molar-refractivity contribution is 0.737. The van der Waals surface area contributed by atoms with Crippen molar-refractivity contribution in [2.75, 3.05) is 6.54 Å². The van der Waals surface area contributed by atoms with Crippen LogP contribution in [0.5, 0.6) is 0 Å². The van der Waals surface area contributed by atoms with Gasteiger partial charge in [0.05, 0.1) is 0 Å². The van der Waals surface area contributed by atoms with Crippen molar-refractivity contribution < 1.29 is 0 Å². The summed E-state index contributed by atoms with van der Waals surface area (Å²) in [6, 6.07) is 0. The van der Waals surface area contributed by atoms with Crippen LogP contribution in [0.1, 0.15) is 34.1 Å². The molecule has 0 aromatic heterocycles. The van der Waals surface area contributed by atoms with Crippen LogP contribution in [0.3, 0.4) is 0 Å². The summed E-state index contributed by atoms with van der Waals surface area (Å²) in [6.07, 6.45) is 2.80. The van der Waals surface area contributed by atoms with E-state index in [1.165, 1.54) is 5.71 Å². The maximum Gasteiger partial charge on any atom is 0.109 e. The smallest absolute Gasteiger partial charge is 0.109 e. The van der Waals surface area contributed by atoms with Crippen molar-refractivity contribution in [2.45, 2.75) is 34.1 Å². The summed E-state index contributed by atoms with van der Waals surface area (Å²) in [5.74, 6) is 0.582. The predicted molar refractivity (Wildman–Crippen MR) is 51.6 cm³/mol. The summed E-state index contributed by atoms with van der Waals surface area (Å²) < 4.78 is 0. The summed E-state index contributed by atoms with van der Waals surface area (Å²) in [6.45, 7) is 9.22. The highest BCUT2D eigenvalue weighted by molar-refractivity contribution is 5.90. The van der Waals surface area contributed by atoms with Crippen molar-refractivity contribution in [3.05, 3.63) is 0 Å². The number of nitrogens with zero attached hydrogens (tertiary/aromatic N) is 2. The molecule has 0 aromatic carbocycles. The molecular formula is C9H18N2. The molecule has 0 heterocycles. The van der Waals surface area contributed by atoms with Gasteiger partial charge < -0.3 is 0 Å². The largest absolute Gasteiger partial charge is 0.274 e. The third kappa shape index (κ3) is 4.71. The fourth-order valence-electron chi connectivity index (χ4n) is 0.636. The molecule has 1 atom stereocenters. The Kier molecular flexibility index (Phi) is 5.71. The molecule has 0 fully saturated rings. The molecular weight excluding hydrogens is 136 g/mol. The van der Waals surface area contributed by atoms with Gasteiger partial charge in [0.1, 0.15) is 6.34 Å². The molecule has 1 unspecified atom stereocenters. The second-order valence-corrected chi connectivity index (χ2v) is 2.69. The van der Waals surface area contributed by atoms with E-state index in [-0.39, 0.29) is 0 Å². The van der Waals surface area contributed by atoms with Gasteiger partial charge >= 0.3 is 0 Å². The molecule has 0 radical (unpaired) electrons. The van der Waals surface area contributed by atoms with Crippen LogP contribution in [-0.4, -0.2) is 18.6 Å². The molecule has 0 saturated carbocycles. The normalized spacial score (nSPS) is 15.8. The van der Waals surface area contributed by atoms with Crippen LogP contribution < -0.4 is 0 Å². The second-order valence-electron chi connectivity index (χ2n) is 2.69. The monoisotopic (exact) mass is 154 g/mol. The van der Waals surface area contributed by atoms with Crippen LogP contribution >= 0.6 is 0 Å². The predicted octanol–water partition coefficient (Wildman–Crippen LogP) is 2.54. The Labute approximate surface area is 69.4 Å². The van der Waals surface area contributed by atoms with E-state index in [0.29, 0.717) is 5.92 Å². The minimum absolute atomic E-state index is 0.582. The Morgan fingerprint density at radius 1 is 1.45 bits per heavy atom. The van der Waals surface area contributed by atoms with E-state index in [9.17, 15) is 0 Å². The zero-order valence-corrected chi connectivity index (χ0v) is 7.96. The molecule has 64 valence electrons. The van der Waals surface area contributed by atoms with E-state index in [2.05, 4.69) is 30.8 Å². The minimum Gasteiger partial charge on any atom is -0.274 e. The van der Waals surface area contributed by atoms with Crippen LogP contribution in [0.2, 0.25) is 0 Å². The minimum atomic E-state index is 0.582. The summed E-state index contributed by atoms with van der Waals surface area (Å²) >= 11 is 0. The van der Waals surface area contributed by atoms with E-state index in [4.69, 9.17) is 0 Å².